The predicted octanol–water partition coefficient (Wildman–Crippen LogP) is 0.730. The topological polar surface area (TPSA) is 81.7 Å². The minimum absolute atomic E-state index is 0.531. The maximum atomic E-state index is 11.8. The van der Waals surface area contributed by atoms with Crippen molar-refractivity contribution in [2.75, 3.05) is 0 Å². The molecule has 0 unspecified atom stereocenters. The van der Waals surface area contributed by atoms with Gasteiger partial charge < -0.3 is 4.74 Å². The monoisotopic (exact) mass is 265 g/mol. The molecule has 17 heavy (non-hydrogen) atoms. The zero-order chi connectivity index (χ0) is 13.3. The van der Waals surface area contributed by atoms with E-state index in [1.807, 2.05) is 6.92 Å². The van der Waals surface area contributed by atoms with Crippen LogP contribution in [-0.2, 0) is 24.0 Å². The Labute approximate surface area is 102 Å². The van der Waals surface area contributed by atoms with Gasteiger partial charge in [0.05, 0.1) is 6.04 Å². The first-order chi connectivity index (χ1) is 7.64. The molecule has 0 spiro atoms. The first kappa shape index (κ1) is 14.4. The third kappa shape index (κ3) is 4.25. The van der Waals surface area contributed by atoms with Gasteiger partial charge in [-0.2, -0.15) is 13.1 Å². The average molecular weight is 265 g/mol. The number of hydrogen-bond donors (Lipinski definition) is 1. The molecule has 2 atom stereocenters. The summed E-state index contributed by atoms with van der Waals surface area (Å²) in [6, 6.07) is -0.542. The third-order valence-electron chi connectivity index (χ3n) is 2.13. The van der Waals surface area contributed by atoms with E-state index in [1.54, 1.807) is 20.8 Å². The van der Waals surface area contributed by atoms with E-state index in [2.05, 4.69) is 4.72 Å². The zero-order valence-electron chi connectivity index (χ0n) is 10.5. The van der Waals surface area contributed by atoms with Gasteiger partial charge in [-0.05, 0) is 27.2 Å². The fraction of sp³-hybridized carbons (Fsp3) is 0.900. The molecule has 1 fully saturated rings. The van der Waals surface area contributed by atoms with Crippen LogP contribution in [0.3, 0.4) is 0 Å². The lowest BCUT2D eigenvalue weighted by atomic mass is 10.1. The minimum atomic E-state index is -3.82. The van der Waals surface area contributed by atoms with Crippen molar-refractivity contribution in [2.45, 2.75) is 58.3 Å². The van der Waals surface area contributed by atoms with Crippen molar-refractivity contribution >= 4 is 16.3 Å². The molecule has 0 aliphatic carbocycles. The van der Waals surface area contributed by atoms with Gasteiger partial charge in [-0.3, -0.25) is 0 Å². The van der Waals surface area contributed by atoms with E-state index in [0.717, 1.165) is 6.42 Å². The number of hydrogen-bond acceptors (Lipinski definition) is 5. The van der Waals surface area contributed by atoms with Crippen molar-refractivity contribution in [3.05, 3.63) is 0 Å². The summed E-state index contributed by atoms with van der Waals surface area (Å²) in [6.45, 7) is 7.06. The molecule has 0 radical (unpaired) electrons. The van der Waals surface area contributed by atoms with Crippen LogP contribution in [0.5, 0.6) is 0 Å². The molecule has 100 valence electrons. The Morgan fingerprint density at radius 1 is 1.41 bits per heavy atom. The lowest BCUT2D eigenvalue weighted by molar-refractivity contribution is -0.163. The molecule has 0 aromatic heterocycles. The van der Waals surface area contributed by atoms with Crippen molar-refractivity contribution in [2.24, 2.45) is 0 Å². The smallest absolute Gasteiger partial charge is 0.339 e. The lowest BCUT2D eigenvalue weighted by Crippen LogP contribution is -2.40. The number of ether oxygens (including phenoxy) is 1. The van der Waals surface area contributed by atoms with Crippen LogP contribution in [0, 0.1) is 0 Å². The van der Waals surface area contributed by atoms with Crippen LogP contribution in [0.25, 0.3) is 0 Å². The van der Waals surface area contributed by atoms with Crippen molar-refractivity contribution in [3.8, 4) is 0 Å². The van der Waals surface area contributed by atoms with Gasteiger partial charge in [0.25, 0.3) is 0 Å². The van der Waals surface area contributed by atoms with Crippen LogP contribution >= 0.6 is 0 Å². The fourth-order valence-electron chi connectivity index (χ4n) is 1.56. The lowest BCUT2D eigenvalue weighted by Gasteiger charge is -2.22. The quantitative estimate of drug-likeness (QED) is 0.761. The normalized spacial score (nSPS) is 28.0. The summed E-state index contributed by atoms with van der Waals surface area (Å²) in [5.41, 5.74) is -0.663. The van der Waals surface area contributed by atoms with Crippen LogP contribution < -0.4 is 4.72 Å². The summed E-state index contributed by atoms with van der Waals surface area (Å²) >= 11 is 0. The molecule has 1 aliphatic heterocycles. The maximum Gasteiger partial charge on any atom is 0.339 e. The highest BCUT2D eigenvalue weighted by molar-refractivity contribution is 7.85. The van der Waals surface area contributed by atoms with E-state index >= 15 is 0 Å². The second kappa shape index (κ2) is 4.91. The van der Waals surface area contributed by atoms with Crippen LogP contribution in [0.4, 0.5) is 0 Å². The summed E-state index contributed by atoms with van der Waals surface area (Å²) in [4.78, 5) is 11.8. The number of carbonyl (C=O) groups excluding carboxylic acids is 1. The van der Waals surface area contributed by atoms with E-state index in [0.29, 0.717) is 6.42 Å². The molecule has 1 aliphatic rings. The second-order valence-electron chi connectivity index (χ2n) is 5.02. The molecule has 0 aromatic rings. The highest BCUT2D eigenvalue weighted by Crippen LogP contribution is 2.21. The molecule has 7 heteroatoms. The third-order valence-corrected chi connectivity index (χ3v) is 3.18. The molecular formula is C10H19NO5S. The van der Waals surface area contributed by atoms with Gasteiger partial charge in [0.15, 0.2) is 6.10 Å². The van der Waals surface area contributed by atoms with E-state index < -0.39 is 34.0 Å². The van der Waals surface area contributed by atoms with E-state index in [4.69, 9.17) is 8.92 Å². The van der Waals surface area contributed by atoms with Crippen molar-refractivity contribution in [3.63, 3.8) is 0 Å². The predicted molar refractivity (Wildman–Crippen MR) is 61.5 cm³/mol. The largest absolute Gasteiger partial charge is 0.458 e. The standard InChI is InChI=1S/C10H19NO5S/c1-5-6-7-8(16-17(13,14)11-7)9(12)15-10(2,3)4/h7-8,11H,5-6H2,1-4H3/t7-,8-/m0/s1. The molecule has 1 N–H and O–H groups in total. The maximum absolute atomic E-state index is 11.8. The molecule has 1 rings (SSSR count). The molecule has 0 bridgehead atoms. The highest BCUT2D eigenvalue weighted by Gasteiger charge is 2.44. The van der Waals surface area contributed by atoms with E-state index in [1.165, 1.54) is 0 Å². The van der Waals surface area contributed by atoms with Gasteiger partial charge in [0.2, 0.25) is 0 Å². The molecule has 1 heterocycles. The molecule has 0 amide bonds. The first-order valence-electron chi connectivity index (χ1n) is 5.58. The molecule has 0 aromatic carbocycles. The highest BCUT2D eigenvalue weighted by atomic mass is 32.2. The summed E-state index contributed by atoms with van der Waals surface area (Å²) in [5, 5.41) is 0. The number of rotatable bonds is 3. The molecule has 0 saturated carbocycles. The van der Waals surface area contributed by atoms with Gasteiger partial charge in [-0.1, -0.05) is 13.3 Å². The Balaban J connectivity index is 2.77. The molecule has 6 nitrogen and oxygen atoms in total. The Hall–Kier alpha value is -0.660. The SMILES string of the molecule is CCC[C@@H]1NS(=O)(=O)O[C@@H]1C(=O)OC(C)(C)C. The molecular weight excluding hydrogens is 246 g/mol. The Bertz CT molecular complexity index is 384. The Morgan fingerprint density at radius 2 is 2.00 bits per heavy atom. The summed E-state index contributed by atoms with van der Waals surface area (Å²) < 4.78 is 34.6. The summed E-state index contributed by atoms with van der Waals surface area (Å²) in [6.07, 6.45) is 0.193. The molecule has 1 saturated heterocycles. The fourth-order valence-corrected chi connectivity index (χ4v) is 2.72. The van der Waals surface area contributed by atoms with Gasteiger partial charge in [-0.15, -0.1) is 0 Å². The van der Waals surface area contributed by atoms with Crippen molar-refractivity contribution in [1.82, 2.24) is 4.72 Å². The van der Waals surface area contributed by atoms with Crippen LogP contribution in [0.1, 0.15) is 40.5 Å². The van der Waals surface area contributed by atoms with Crippen LogP contribution in [-0.4, -0.2) is 32.1 Å². The minimum Gasteiger partial charge on any atom is -0.458 e. The average Bonchev–Trinajstić information content (AvgIpc) is 2.39. The number of esters is 1. The second-order valence-corrected chi connectivity index (χ2v) is 6.35. The van der Waals surface area contributed by atoms with Crippen LogP contribution in [0.15, 0.2) is 0 Å². The van der Waals surface area contributed by atoms with Crippen molar-refractivity contribution < 1.29 is 22.1 Å². The number of carbonyl (C=O) groups is 1. The Morgan fingerprint density at radius 3 is 2.47 bits per heavy atom. The van der Waals surface area contributed by atoms with Gasteiger partial charge in [0, 0.05) is 0 Å². The van der Waals surface area contributed by atoms with Crippen molar-refractivity contribution in [1.29, 1.82) is 0 Å². The number of nitrogens with one attached hydrogen (secondary N) is 1. The van der Waals surface area contributed by atoms with Gasteiger partial charge in [-0.25, -0.2) is 8.98 Å². The first-order valence-corrected chi connectivity index (χ1v) is 6.99. The summed E-state index contributed by atoms with van der Waals surface area (Å²) in [5.74, 6) is -0.649. The van der Waals surface area contributed by atoms with Crippen LogP contribution in [0.2, 0.25) is 0 Å². The van der Waals surface area contributed by atoms with Gasteiger partial charge >= 0.3 is 16.3 Å². The zero-order valence-corrected chi connectivity index (χ0v) is 11.3. The Kier molecular flexibility index (Phi) is 4.16. The van der Waals surface area contributed by atoms with E-state index in [-0.39, 0.29) is 0 Å². The summed E-state index contributed by atoms with van der Waals surface area (Å²) in [7, 11) is -3.82. The van der Waals surface area contributed by atoms with E-state index in [9.17, 15) is 13.2 Å². The van der Waals surface area contributed by atoms with Gasteiger partial charge in [0.1, 0.15) is 5.60 Å².